The van der Waals surface area contributed by atoms with E-state index in [0.29, 0.717) is 23.4 Å². The number of fused-ring (bicyclic) bond motifs is 1. The molecule has 0 radical (unpaired) electrons. The Morgan fingerprint density at radius 2 is 2.14 bits per heavy atom. The molecule has 2 aromatic rings. The fraction of sp³-hybridized carbons (Fsp3) is 0.600. The number of hydrogen-bond acceptors (Lipinski definition) is 6. The molecule has 0 bridgehead atoms. The number of rotatable bonds is 4. The third-order valence-electron chi connectivity index (χ3n) is 6.30. The van der Waals surface area contributed by atoms with Gasteiger partial charge in [0.25, 0.3) is 5.91 Å². The Morgan fingerprint density at radius 1 is 1.29 bits per heavy atom. The van der Waals surface area contributed by atoms with Gasteiger partial charge in [-0.2, -0.15) is 0 Å². The number of furan rings is 1. The topological polar surface area (TPSA) is 84.6 Å². The molecule has 0 saturated carbocycles. The molecule has 5 heterocycles. The van der Waals surface area contributed by atoms with E-state index in [-0.39, 0.29) is 12.1 Å². The van der Waals surface area contributed by atoms with Crippen LogP contribution in [0.5, 0.6) is 0 Å². The van der Waals surface area contributed by atoms with Gasteiger partial charge in [-0.15, -0.1) is 0 Å². The highest BCUT2D eigenvalue weighted by atomic mass is 16.5. The van der Waals surface area contributed by atoms with E-state index < -0.39 is 0 Å². The summed E-state index contributed by atoms with van der Waals surface area (Å²) >= 11 is 0. The van der Waals surface area contributed by atoms with Gasteiger partial charge in [0.05, 0.1) is 19.0 Å². The van der Waals surface area contributed by atoms with Crippen molar-refractivity contribution in [2.75, 3.05) is 31.7 Å². The van der Waals surface area contributed by atoms with Gasteiger partial charge in [-0.25, -0.2) is 9.66 Å². The lowest BCUT2D eigenvalue weighted by molar-refractivity contribution is 0.0818. The maximum atomic E-state index is 12.7. The second-order valence-corrected chi connectivity index (χ2v) is 8.22. The Kier molecular flexibility index (Phi) is 4.60. The second kappa shape index (κ2) is 7.25. The van der Waals surface area contributed by atoms with Gasteiger partial charge in [0, 0.05) is 38.1 Å². The molecule has 28 heavy (non-hydrogen) atoms. The average molecular weight is 385 g/mol. The zero-order chi connectivity index (χ0) is 19.1. The molecule has 0 spiro atoms. The molecule has 3 aliphatic heterocycles. The number of imidazole rings is 1. The monoisotopic (exact) mass is 385 g/mol. The molecule has 150 valence electrons. The number of hydrogen-bond donors (Lipinski definition) is 2. The molecule has 2 fully saturated rings. The number of nitrogens with one attached hydrogen (secondary N) is 2. The molecule has 0 aromatic carbocycles. The smallest absolute Gasteiger partial charge is 0.273 e. The van der Waals surface area contributed by atoms with Crippen LogP contribution in [0.25, 0.3) is 0 Å². The number of ether oxygens (including phenoxy) is 1. The summed E-state index contributed by atoms with van der Waals surface area (Å²) in [5.74, 6) is 2.99. The molecule has 0 aliphatic carbocycles. The minimum Gasteiger partial charge on any atom is -0.468 e. The molecule has 3 unspecified atom stereocenters. The van der Waals surface area contributed by atoms with E-state index in [0.717, 1.165) is 57.3 Å². The van der Waals surface area contributed by atoms with Crippen molar-refractivity contribution in [1.82, 2.24) is 19.9 Å². The molecule has 8 nitrogen and oxygen atoms in total. The maximum Gasteiger partial charge on any atom is 0.273 e. The van der Waals surface area contributed by atoms with E-state index in [4.69, 9.17) is 9.15 Å². The minimum absolute atomic E-state index is 0.0498. The third kappa shape index (κ3) is 3.20. The molecule has 5 rings (SSSR count). The SMILES string of the molecule is CC1CN(Cc2ccco2)CC1C1NC(=O)c2cnc(C3CCOCC3)n2N1. The maximum absolute atomic E-state index is 12.7. The van der Waals surface area contributed by atoms with Crippen molar-refractivity contribution in [3.8, 4) is 0 Å². The summed E-state index contributed by atoms with van der Waals surface area (Å²) in [6.45, 7) is 6.47. The first kappa shape index (κ1) is 17.8. The summed E-state index contributed by atoms with van der Waals surface area (Å²) in [6, 6.07) is 3.93. The van der Waals surface area contributed by atoms with E-state index >= 15 is 0 Å². The van der Waals surface area contributed by atoms with Crippen molar-refractivity contribution in [3.05, 3.63) is 41.9 Å². The van der Waals surface area contributed by atoms with Crippen LogP contribution in [0.4, 0.5) is 0 Å². The van der Waals surface area contributed by atoms with Gasteiger partial charge in [0.15, 0.2) is 0 Å². The van der Waals surface area contributed by atoms with E-state index in [2.05, 4.69) is 27.6 Å². The van der Waals surface area contributed by atoms with Gasteiger partial charge in [-0.1, -0.05) is 6.92 Å². The number of likely N-dealkylation sites (tertiary alicyclic amines) is 1. The van der Waals surface area contributed by atoms with E-state index in [9.17, 15) is 4.79 Å². The van der Waals surface area contributed by atoms with Crippen LogP contribution < -0.4 is 10.7 Å². The molecule has 3 aliphatic rings. The van der Waals surface area contributed by atoms with Crippen LogP contribution in [-0.2, 0) is 11.3 Å². The summed E-state index contributed by atoms with van der Waals surface area (Å²) in [5.41, 5.74) is 4.15. The van der Waals surface area contributed by atoms with Gasteiger partial charge >= 0.3 is 0 Å². The van der Waals surface area contributed by atoms with Crippen molar-refractivity contribution in [2.24, 2.45) is 11.8 Å². The van der Waals surface area contributed by atoms with E-state index in [1.165, 1.54) is 0 Å². The molecular formula is C20H27N5O3. The minimum atomic E-state index is -0.107. The Hall–Kier alpha value is -2.32. The molecule has 2 N–H and O–H groups in total. The number of amides is 1. The summed E-state index contributed by atoms with van der Waals surface area (Å²) in [7, 11) is 0. The number of nitrogens with zero attached hydrogens (tertiary/aromatic N) is 3. The van der Waals surface area contributed by atoms with Crippen LogP contribution in [0.15, 0.2) is 29.0 Å². The lowest BCUT2D eigenvalue weighted by Crippen LogP contribution is -2.55. The van der Waals surface area contributed by atoms with E-state index in [1.807, 2.05) is 16.8 Å². The normalized spacial score (nSPS) is 28.8. The van der Waals surface area contributed by atoms with Gasteiger partial charge < -0.3 is 19.9 Å². The molecule has 2 saturated heterocycles. The molecule has 3 atom stereocenters. The quantitative estimate of drug-likeness (QED) is 0.834. The lowest BCUT2D eigenvalue weighted by Gasteiger charge is -2.35. The van der Waals surface area contributed by atoms with Gasteiger partial charge in [-0.05, 0) is 30.9 Å². The molecule has 2 aromatic heterocycles. The molecule has 8 heteroatoms. The predicted molar refractivity (Wildman–Crippen MR) is 102 cm³/mol. The summed E-state index contributed by atoms with van der Waals surface area (Å²) < 4.78 is 12.9. The van der Waals surface area contributed by atoms with Crippen molar-refractivity contribution >= 4 is 5.91 Å². The fourth-order valence-electron chi connectivity index (χ4n) is 4.78. The first-order chi connectivity index (χ1) is 13.7. The summed E-state index contributed by atoms with van der Waals surface area (Å²) in [6.07, 6.45) is 5.19. The average Bonchev–Trinajstić information content (AvgIpc) is 3.43. The van der Waals surface area contributed by atoms with Crippen LogP contribution in [0.2, 0.25) is 0 Å². The molecule has 1 amide bonds. The summed E-state index contributed by atoms with van der Waals surface area (Å²) in [4.78, 5) is 19.7. The van der Waals surface area contributed by atoms with Crippen molar-refractivity contribution in [2.45, 2.75) is 38.4 Å². The Morgan fingerprint density at radius 3 is 2.93 bits per heavy atom. The first-order valence-electron chi connectivity index (χ1n) is 10.2. The highest BCUT2D eigenvalue weighted by Crippen LogP contribution is 2.31. The lowest BCUT2D eigenvalue weighted by atomic mass is 9.94. The largest absolute Gasteiger partial charge is 0.468 e. The van der Waals surface area contributed by atoms with Crippen LogP contribution in [0.3, 0.4) is 0 Å². The Labute approximate surface area is 164 Å². The van der Waals surface area contributed by atoms with Crippen LogP contribution in [0, 0.1) is 11.8 Å². The highest BCUT2D eigenvalue weighted by Gasteiger charge is 2.40. The number of carbonyl (C=O) groups excluding carboxylic acids is 1. The van der Waals surface area contributed by atoms with Crippen molar-refractivity contribution in [1.29, 1.82) is 0 Å². The predicted octanol–water partition coefficient (Wildman–Crippen LogP) is 1.75. The highest BCUT2D eigenvalue weighted by molar-refractivity contribution is 5.93. The second-order valence-electron chi connectivity index (χ2n) is 8.22. The third-order valence-corrected chi connectivity index (χ3v) is 6.30. The zero-order valence-electron chi connectivity index (χ0n) is 16.1. The van der Waals surface area contributed by atoms with E-state index in [1.54, 1.807) is 12.5 Å². The number of carbonyl (C=O) groups is 1. The first-order valence-corrected chi connectivity index (χ1v) is 10.2. The van der Waals surface area contributed by atoms with Crippen LogP contribution in [0.1, 0.15) is 47.8 Å². The van der Waals surface area contributed by atoms with Gasteiger partial charge in [0.2, 0.25) is 0 Å². The molecular weight excluding hydrogens is 358 g/mol. The Bertz CT molecular complexity index is 827. The van der Waals surface area contributed by atoms with Crippen LogP contribution in [-0.4, -0.2) is 52.9 Å². The van der Waals surface area contributed by atoms with Crippen LogP contribution >= 0.6 is 0 Å². The van der Waals surface area contributed by atoms with Crippen molar-refractivity contribution < 1.29 is 13.9 Å². The van der Waals surface area contributed by atoms with Gasteiger partial charge in [-0.3, -0.25) is 9.69 Å². The van der Waals surface area contributed by atoms with Gasteiger partial charge in [0.1, 0.15) is 23.4 Å². The number of aromatic nitrogens is 2. The standard InChI is InChI=1S/C20H27N5O3/c1-13-10-24(11-15-3-2-6-28-15)12-16(13)18-22-20(26)17-9-21-19(25(17)23-18)14-4-7-27-8-5-14/h2-3,6,9,13-14,16,18,23H,4-5,7-8,10-12H2,1H3,(H,22,26). The Balaban J connectivity index is 1.32. The fourth-order valence-corrected chi connectivity index (χ4v) is 4.78. The van der Waals surface area contributed by atoms with Crippen molar-refractivity contribution in [3.63, 3.8) is 0 Å². The zero-order valence-corrected chi connectivity index (χ0v) is 16.1. The summed E-state index contributed by atoms with van der Waals surface area (Å²) in [5, 5.41) is 3.15.